The number of nitrogens with one attached hydrogen (secondary N) is 1. The highest BCUT2D eigenvalue weighted by molar-refractivity contribution is 6.04. The van der Waals surface area contributed by atoms with E-state index in [1.165, 1.54) is 0 Å². The van der Waals surface area contributed by atoms with Crippen LogP contribution in [0.2, 0.25) is 0 Å². The fourth-order valence-corrected chi connectivity index (χ4v) is 1.67. The minimum absolute atomic E-state index is 0.0443. The van der Waals surface area contributed by atoms with Crippen LogP contribution < -0.4 is 16.8 Å². The summed E-state index contributed by atoms with van der Waals surface area (Å²) in [5.74, 6) is 0.173. The van der Waals surface area contributed by atoms with Crippen molar-refractivity contribution in [3.63, 3.8) is 0 Å². The van der Waals surface area contributed by atoms with Crippen molar-refractivity contribution < 1.29 is 4.79 Å². The van der Waals surface area contributed by atoms with E-state index in [2.05, 4.69) is 10.3 Å². The minimum Gasteiger partial charge on any atom is -0.384 e. The molecule has 5 N–H and O–H groups in total. The number of hydrogen-bond donors (Lipinski definition) is 3. The summed E-state index contributed by atoms with van der Waals surface area (Å²) >= 11 is 0. The third kappa shape index (κ3) is 3.29. The Labute approximate surface area is 111 Å². The molecule has 5 nitrogen and oxygen atoms in total. The van der Waals surface area contributed by atoms with E-state index >= 15 is 0 Å². The van der Waals surface area contributed by atoms with Crippen LogP contribution in [0.4, 0.5) is 11.5 Å². The maximum Gasteiger partial charge on any atom is 0.255 e. The van der Waals surface area contributed by atoms with Gasteiger partial charge in [0.2, 0.25) is 0 Å². The molecule has 0 bridgehead atoms. The molecule has 19 heavy (non-hydrogen) atoms. The molecule has 1 aromatic heterocycles. The molecule has 98 valence electrons. The molecule has 1 aromatic carbocycles. The molecule has 5 heteroatoms. The number of pyridine rings is 1. The highest BCUT2D eigenvalue weighted by Crippen LogP contribution is 2.14. The third-order valence-corrected chi connectivity index (χ3v) is 2.74. The average molecular weight is 256 g/mol. The summed E-state index contributed by atoms with van der Waals surface area (Å²) in [7, 11) is 0. The van der Waals surface area contributed by atoms with Crippen molar-refractivity contribution in [1.29, 1.82) is 0 Å². The Bertz CT molecular complexity index is 578. The number of carbonyl (C=O) groups excluding carboxylic acids is 1. The second-order valence-corrected chi connectivity index (χ2v) is 4.33. The Kier molecular flexibility index (Phi) is 3.77. The first-order valence-electron chi connectivity index (χ1n) is 5.94. The maximum absolute atomic E-state index is 12.0. The van der Waals surface area contributed by atoms with E-state index < -0.39 is 0 Å². The van der Waals surface area contributed by atoms with Crippen LogP contribution in [-0.4, -0.2) is 10.9 Å². The van der Waals surface area contributed by atoms with Gasteiger partial charge in [-0.05, 0) is 30.7 Å². The Balaban J connectivity index is 2.11. The molecule has 0 spiro atoms. The predicted molar refractivity (Wildman–Crippen MR) is 75.6 cm³/mol. The zero-order valence-corrected chi connectivity index (χ0v) is 10.6. The van der Waals surface area contributed by atoms with Crippen molar-refractivity contribution in [2.24, 2.45) is 5.73 Å². The van der Waals surface area contributed by atoms with E-state index in [0.29, 0.717) is 17.1 Å². The molecule has 0 radical (unpaired) electrons. The number of amides is 1. The smallest absolute Gasteiger partial charge is 0.255 e. The number of hydrogen-bond acceptors (Lipinski definition) is 4. The quantitative estimate of drug-likeness (QED) is 0.782. The Morgan fingerprint density at radius 1 is 1.26 bits per heavy atom. The largest absolute Gasteiger partial charge is 0.384 e. The van der Waals surface area contributed by atoms with Gasteiger partial charge in [-0.25, -0.2) is 4.98 Å². The van der Waals surface area contributed by atoms with Gasteiger partial charge in [-0.1, -0.05) is 12.1 Å². The molecule has 0 saturated carbocycles. The van der Waals surface area contributed by atoms with Gasteiger partial charge in [-0.2, -0.15) is 0 Å². The lowest BCUT2D eigenvalue weighted by Gasteiger charge is -2.08. The van der Waals surface area contributed by atoms with Gasteiger partial charge in [0, 0.05) is 29.6 Å². The van der Waals surface area contributed by atoms with Crippen LogP contribution in [0.5, 0.6) is 0 Å². The predicted octanol–water partition coefficient (Wildman–Crippen LogP) is 1.94. The molecule has 2 aromatic rings. The summed E-state index contributed by atoms with van der Waals surface area (Å²) in [6.45, 7) is 1.90. The van der Waals surface area contributed by atoms with Crippen molar-refractivity contribution in [2.45, 2.75) is 13.0 Å². The van der Waals surface area contributed by atoms with E-state index in [1.807, 2.05) is 19.1 Å². The second kappa shape index (κ2) is 5.49. The van der Waals surface area contributed by atoms with Gasteiger partial charge in [0.25, 0.3) is 5.91 Å². The van der Waals surface area contributed by atoms with E-state index in [4.69, 9.17) is 11.5 Å². The molecular weight excluding hydrogens is 240 g/mol. The molecule has 0 fully saturated rings. The molecule has 2 rings (SSSR count). The van der Waals surface area contributed by atoms with E-state index in [0.717, 1.165) is 5.56 Å². The molecule has 1 heterocycles. The van der Waals surface area contributed by atoms with Crippen LogP contribution in [0, 0.1) is 0 Å². The number of nitrogens with two attached hydrogens (primary N) is 2. The molecule has 1 atom stereocenters. The number of benzene rings is 1. The summed E-state index contributed by atoms with van der Waals surface area (Å²) in [6, 6.07) is 10.4. The molecule has 1 unspecified atom stereocenters. The van der Waals surface area contributed by atoms with Crippen molar-refractivity contribution in [3.8, 4) is 0 Å². The van der Waals surface area contributed by atoms with Gasteiger partial charge in [-0.3, -0.25) is 4.79 Å². The molecule has 1 amide bonds. The number of carbonyl (C=O) groups is 1. The number of rotatable bonds is 3. The highest BCUT2D eigenvalue weighted by Gasteiger charge is 2.07. The SMILES string of the molecule is CC(N)c1ccc(C(=O)Nc2ccnc(N)c2)cc1. The van der Waals surface area contributed by atoms with Crippen LogP contribution >= 0.6 is 0 Å². The lowest BCUT2D eigenvalue weighted by Crippen LogP contribution is -2.13. The molecule has 0 saturated heterocycles. The normalized spacial score (nSPS) is 11.9. The van der Waals surface area contributed by atoms with E-state index in [-0.39, 0.29) is 11.9 Å². The first-order valence-corrected chi connectivity index (χ1v) is 5.94. The monoisotopic (exact) mass is 256 g/mol. The standard InChI is InChI=1S/C14H16N4O/c1-9(15)10-2-4-11(5-3-10)14(19)18-12-6-7-17-13(16)8-12/h2-9H,15H2,1H3,(H3,16,17,18,19). The van der Waals surface area contributed by atoms with Crippen molar-refractivity contribution >= 4 is 17.4 Å². The fourth-order valence-electron chi connectivity index (χ4n) is 1.67. The van der Waals surface area contributed by atoms with Crippen LogP contribution in [0.3, 0.4) is 0 Å². The lowest BCUT2D eigenvalue weighted by molar-refractivity contribution is 0.102. The zero-order valence-electron chi connectivity index (χ0n) is 10.6. The lowest BCUT2D eigenvalue weighted by atomic mass is 10.1. The fraction of sp³-hybridized carbons (Fsp3) is 0.143. The summed E-state index contributed by atoms with van der Waals surface area (Å²) in [4.78, 5) is 15.9. The highest BCUT2D eigenvalue weighted by atomic mass is 16.1. The Hall–Kier alpha value is -2.40. The Morgan fingerprint density at radius 2 is 1.95 bits per heavy atom. The number of nitrogens with zero attached hydrogens (tertiary/aromatic N) is 1. The third-order valence-electron chi connectivity index (χ3n) is 2.74. The number of anilines is 2. The topological polar surface area (TPSA) is 94.0 Å². The minimum atomic E-state index is -0.193. The molecular formula is C14H16N4O. The average Bonchev–Trinajstić information content (AvgIpc) is 2.39. The summed E-state index contributed by atoms with van der Waals surface area (Å²) in [5.41, 5.74) is 13.5. The van der Waals surface area contributed by atoms with E-state index in [9.17, 15) is 4.79 Å². The van der Waals surface area contributed by atoms with Crippen molar-refractivity contribution in [3.05, 3.63) is 53.7 Å². The number of aromatic nitrogens is 1. The van der Waals surface area contributed by atoms with Gasteiger partial charge >= 0.3 is 0 Å². The van der Waals surface area contributed by atoms with E-state index in [1.54, 1.807) is 30.5 Å². The first kappa shape index (κ1) is 13.0. The van der Waals surface area contributed by atoms with Crippen LogP contribution in [0.1, 0.15) is 28.9 Å². The summed E-state index contributed by atoms with van der Waals surface area (Å²) < 4.78 is 0. The second-order valence-electron chi connectivity index (χ2n) is 4.33. The van der Waals surface area contributed by atoms with Crippen LogP contribution in [0.25, 0.3) is 0 Å². The van der Waals surface area contributed by atoms with Gasteiger partial charge in [0.15, 0.2) is 0 Å². The van der Waals surface area contributed by atoms with Crippen LogP contribution in [0.15, 0.2) is 42.6 Å². The maximum atomic E-state index is 12.0. The number of nitrogen functional groups attached to an aromatic ring is 1. The molecule has 0 aliphatic rings. The van der Waals surface area contributed by atoms with Gasteiger partial charge in [0.1, 0.15) is 5.82 Å². The summed E-state index contributed by atoms with van der Waals surface area (Å²) in [6.07, 6.45) is 1.55. The first-order chi connectivity index (χ1) is 9.06. The summed E-state index contributed by atoms with van der Waals surface area (Å²) in [5, 5.41) is 2.76. The Morgan fingerprint density at radius 3 is 2.53 bits per heavy atom. The van der Waals surface area contributed by atoms with Gasteiger partial charge < -0.3 is 16.8 Å². The van der Waals surface area contributed by atoms with Gasteiger partial charge in [-0.15, -0.1) is 0 Å². The van der Waals surface area contributed by atoms with Crippen molar-refractivity contribution in [2.75, 3.05) is 11.1 Å². The van der Waals surface area contributed by atoms with Crippen molar-refractivity contribution in [1.82, 2.24) is 4.98 Å². The van der Waals surface area contributed by atoms with Gasteiger partial charge in [0.05, 0.1) is 0 Å². The zero-order chi connectivity index (χ0) is 13.8. The molecule has 0 aliphatic carbocycles. The van der Waals surface area contributed by atoms with Crippen LogP contribution in [-0.2, 0) is 0 Å². The molecule has 0 aliphatic heterocycles.